The quantitative estimate of drug-likeness (QED) is 0.556. The number of halogens is 1. The van der Waals surface area contributed by atoms with Crippen LogP contribution in [0.3, 0.4) is 0 Å². The van der Waals surface area contributed by atoms with Crippen LogP contribution in [0.1, 0.15) is 53.1 Å². The van der Waals surface area contributed by atoms with E-state index in [1.165, 1.54) is 33.4 Å². The molecule has 3 heteroatoms. The highest BCUT2D eigenvalue weighted by atomic mass is 35.5. The molecule has 0 atom stereocenters. The average Bonchev–Trinajstić information content (AvgIpc) is 2.60. The maximum Gasteiger partial charge on any atom is 0.122 e. The molecular weight excluding hydrogens is 332 g/mol. The summed E-state index contributed by atoms with van der Waals surface area (Å²) in [6.07, 6.45) is 0. The van der Waals surface area contributed by atoms with Crippen molar-refractivity contribution in [3.05, 3.63) is 57.6 Å². The molecule has 0 bridgehead atoms. The lowest BCUT2D eigenvalue weighted by molar-refractivity contribution is 0.337. The molecule has 0 aliphatic rings. The molecule has 25 heavy (non-hydrogen) atoms. The van der Waals surface area contributed by atoms with Gasteiger partial charge in [0.25, 0.3) is 0 Å². The van der Waals surface area contributed by atoms with Crippen LogP contribution in [0.25, 0.3) is 0 Å². The maximum absolute atomic E-state index is 6.42. The Bertz CT molecular complexity index is 676. The number of benzene rings is 2. The summed E-state index contributed by atoms with van der Waals surface area (Å²) in [6, 6.07) is 8.45. The molecule has 0 aliphatic heterocycles. The van der Waals surface area contributed by atoms with Gasteiger partial charge in [-0.3, -0.25) is 0 Å². The Balaban J connectivity index is 2.51. The first kappa shape index (κ1) is 19.7. The molecule has 2 rings (SSSR count). The van der Waals surface area contributed by atoms with Gasteiger partial charge in [-0.25, -0.2) is 0 Å². The third-order valence-electron chi connectivity index (χ3n) is 5.06. The lowest BCUT2D eigenvalue weighted by Gasteiger charge is -2.23. The topological polar surface area (TPSA) is 18.5 Å². The zero-order valence-electron chi connectivity index (χ0n) is 16.2. The van der Waals surface area contributed by atoms with Crippen molar-refractivity contribution in [2.24, 2.45) is 0 Å². The fraction of sp³-hybridized carbons (Fsp3) is 0.455. The van der Waals surface area contributed by atoms with Gasteiger partial charge in [-0.1, -0.05) is 12.1 Å². The zero-order valence-corrected chi connectivity index (χ0v) is 17.0. The van der Waals surface area contributed by atoms with Crippen molar-refractivity contribution in [3.63, 3.8) is 0 Å². The molecule has 136 valence electrons. The molecule has 0 fully saturated rings. The molecule has 2 nitrogen and oxygen atoms in total. The van der Waals surface area contributed by atoms with Crippen LogP contribution >= 0.6 is 11.6 Å². The van der Waals surface area contributed by atoms with E-state index in [1.54, 1.807) is 0 Å². The van der Waals surface area contributed by atoms with Crippen molar-refractivity contribution in [1.82, 2.24) is 0 Å². The molecule has 0 saturated carbocycles. The Morgan fingerprint density at radius 3 is 1.44 bits per heavy atom. The lowest BCUT2D eigenvalue weighted by atomic mass is 9.84. The molecule has 0 radical (unpaired) electrons. The van der Waals surface area contributed by atoms with Gasteiger partial charge in [-0.2, -0.15) is 0 Å². The summed E-state index contributed by atoms with van der Waals surface area (Å²) >= 11 is 6.42. The van der Waals surface area contributed by atoms with Crippen molar-refractivity contribution >= 4 is 11.6 Å². The lowest BCUT2D eigenvalue weighted by Crippen LogP contribution is -2.10. The summed E-state index contributed by atoms with van der Waals surface area (Å²) in [4.78, 5) is 0. The van der Waals surface area contributed by atoms with Crippen molar-refractivity contribution in [1.29, 1.82) is 0 Å². The van der Waals surface area contributed by atoms with Gasteiger partial charge in [0.05, 0.1) is 13.2 Å². The van der Waals surface area contributed by atoms with E-state index in [4.69, 9.17) is 21.1 Å². The Labute approximate surface area is 157 Å². The minimum absolute atomic E-state index is 0.158. The van der Waals surface area contributed by atoms with Crippen molar-refractivity contribution in [2.45, 2.75) is 47.5 Å². The maximum atomic E-state index is 6.42. The third kappa shape index (κ3) is 3.95. The SMILES string of the molecule is CCOc1ccc(C(CCl)c2ccc(OCC)c(C)c2C)c(C)c1C. The summed E-state index contributed by atoms with van der Waals surface area (Å²) in [5.41, 5.74) is 7.42. The van der Waals surface area contributed by atoms with Gasteiger partial charge in [0.1, 0.15) is 11.5 Å². The number of alkyl halides is 1. The van der Waals surface area contributed by atoms with E-state index >= 15 is 0 Å². The summed E-state index contributed by atoms with van der Waals surface area (Å²) < 4.78 is 11.5. The van der Waals surface area contributed by atoms with Crippen molar-refractivity contribution in [3.8, 4) is 11.5 Å². The van der Waals surface area contributed by atoms with Crippen LogP contribution < -0.4 is 9.47 Å². The van der Waals surface area contributed by atoms with E-state index in [0.29, 0.717) is 19.1 Å². The molecule has 2 aromatic carbocycles. The third-order valence-corrected chi connectivity index (χ3v) is 5.37. The summed E-state index contributed by atoms with van der Waals surface area (Å²) in [6.45, 7) is 13.9. The van der Waals surface area contributed by atoms with Crippen molar-refractivity contribution in [2.75, 3.05) is 19.1 Å². The van der Waals surface area contributed by atoms with E-state index in [0.717, 1.165) is 11.5 Å². The minimum atomic E-state index is 0.158. The molecule has 0 aliphatic carbocycles. The van der Waals surface area contributed by atoms with Crippen LogP contribution in [0.2, 0.25) is 0 Å². The van der Waals surface area contributed by atoms with Crippen LogP contribution in [0.4, 0.5) is 0 Å². The predicted molar refractivity (Wildman–Crippen MR) is 107 cm³/mol. The standard InChI is InChI=1S/C22H29ClO2/c1-7-24-21-11-9-18(14(3)16(21)5)20(13-23)19-10-12-22(25-8-2)17(6)15(19)4/h9-12,20H,7-8,13H2,1-6H3. The summed E-state index contributed by atoms with van der Waals surface area (Å²) in [7, 11) is 0. The first-order valence-corrected chi connectivity index (χ1v) is 9.51. The van der Waals surface area contributed by atoms with Crippen molar-refractivity contribution < 1.29 is 9.47 Å². The van der Waals surface area contributed by atoms with Crippen LogP contribution in [-0.2, 0) is 0 Å². The Morgan fingerprint density at radius 1 is 0.720 bits per heavy atom. The van der Waals surface area contributed by atoms with Gasteiger partial charge in [-0.15, -0.1) is 11.6 Å². The second-order valence-corrected chi connectivity index (χ2v) is 6.69. The van der Waals surface area contributed by atoms with Gasteiger partial charge < -0.3 is 9.47 Å². The van der Waals surface area contributed by atoms with E-state index in [1.807, 2.05) is 13.8 Å². The molecule has 0 N–H and O–H groups in total. The van der Waals surface area contributed by atoms with Gasteiger partial charge in [0.15, 0.2) is 0 Å². The fourth-order valence-electron chi connectivity index (χ4n) is 3.35. The molecular formula is C22H29ClO2. The van der Waals surface area contributed by atoms with Gasteiger partial charge >= 0.3 is 0 Å². The molecule has 0 saturated heterocycles. The van der Waals surface area contributed by atoms with Gasteiger partial charge in [0.2, 0.25) is 0 Å². The normalized spacial score (nSPS) is 11.0. The first-order chi connectivity index (χ1) is 12.0. The highest BCUT2D eigenvalue weighted by Gasteiger charge is 2.21. The number of hydrogen-bond acceptors (Lipinski definition) is 2. The molecule has 0 unspecified atom stereocenters. The van der Waals surface area contributed by atoms with Crippen LogP contribution in [0, 0.1) is 27.7 Å². The Kier molecular flexibility index (Phi) is 6.78. The predicted octanol–water partition coefficient (Wildman–Crippen LogP) is 6.09. The summed E-state index contributed by atoms with van der Waals surface area (Å²) in [5.74, 6) is 2.61. The Morgan fingerprint density at radius 2 is 1.12 bits per heavy atom. The smallest absolute Gasteiger partial charge is 0.122 e. The zero-order chi connectivity index (χ0) is 18.6. The van der Waals surface area contributed by atoms with Crippen LogP contribution in [0.15, 0.2) is 24.3 Å². The molecule has 0 amide bonds. The fourth-order valence-corrected chi connectivity index (χ4v) is 3.68. The van der Waals surface area contributed by atoms with E-state index in [9.17, 15) is 0 Å². The molecule has 0 heterocycles. The number of hydrogen-bond donors (Lipinski definition) is 0. The first-order valence-electron chi connectivity index (χ1n) is 8.97. The van der Waals surface area contributed by atoms with Crippen LogP contribution in [-0.4, -0.2) is 19.1 Å². The second-order valence-electron chi connectivity index (χ2n) is 6.38. The number of rotatable bonds is 7. The molecule has 2 aromatic rings. The van der Waals surface area contributed by atoms with Gasteiger partial charge in [0, 0.05) is 11.8 Å². The van der Waals surface area contributed by atoms with Crippen LogP contribution in [0.5, 0.6) is 11.5 Å². The van der Waals surface area contributed by atoms with Gasteiger partial charge in [-0.05, 0) is 87.1 Å². The average molecular weight is 361 g/mol. The molecule has 0 aromatic heterocycles. The second kappa shape index (κ2) is 8.62. The highest BCUT2D eigenvalue weighted by molar-refractivity contribution is 6.18. The van der Waals surface area contributed by atoms with E-state index < -0.39 is 0 Å². The summed E-state index contributed by atoms with van der Waals surface area (Å²) in [5, 5.41) is 0. The number of ether oxygens (including phenoxy) is 2. The van der Waals surface area contributed by atoms with E-state index in [-0.39, 0.29) is 5.92 Å². The Hall–Kier alpha value is -1.67. The molecule has 0 spiro atoms. The highest BCUT2D eigenvalue weighted by Crippen LogP contribution is 2.37. The largest absolute Gasteiger partial charge is 0.494 e. The van der Waals surface area contributed by atoms with E-state index in [2.05, 4.69) is 52.0 Å². The monoisotopic (exact) mass is 360 g/mol. The minimum Gasteiger partial charge on any atom is -0.494 e.